The number of hydrogen-bond donors (Lipinski definition) is 1. The molecule has 3 aromatic rings. The van der Waals surface area contributed by atoms with Crippen LogP contribution in [0.15, 0.2) is 52.0 Å². The molecule has 0 aliphatic carbocycles. The molecule has 0 aliphatic rings. The molecule has 0 saturated carbocycles. The molecule has 88 valence electrons. The van der Waals surface area contributed by atoms with Gasteiger partial charge in [-0.15, -0.1) is 0 Å². The first kappa shape index (κ1) is 11.1. The van der Waals surface area contributed by atoms with Gasteiger partial charge in [0.05, 0.1) is 9.99 Å². The zero-order chi connectivity index (χ0) is 12.5. The van der Waals surface area contributed by atoms with Gasteiger partial charge in [-0.3, -0.25) is 4.79 Å². The monoisotopic (exact) mass is 301 g/mol. The zero-order valence-corrected chi connectivity index (χ0v) is 10.8. The molecule has 0 unspecified atom stereocenters. The lowest BCUT2D eigenvalue weighted by Crippen LogP contribution is -2.05. The second kappa shape index (κ2) is 4.34. The first-order valence-corrected chi connectivity index (χ1v) is 6.14. The van der Waals surface area contributed by atoms with Crippen LogP contribution in [0.3, 0.4) is 0 Å². The molecule has 18 heavy (non-hydrogen) atoms. The van der Waals surface area contributed by atoms with Crippen LogP contribution in [-0.4, -0.2) is 15.0 Å². The minimum absolute atomic E-state index is 0.167. The molecule has 0 amide bonds. The predicted molar refractivity (Wildman–Crippen MR) is 73.3 cm³/mol. The summed E-state index contributed by atoms with van der Waals surface area (Å²) in [6, 6.07) is 9.48. The largest absolute Gasteiger partial charge is 0.327 e. The van der Waals surface area contributed by atoms with Crippen LogP contribution in [-0.2, 0) is 0 Å². The summed E-state index contributed by atoms with van der Waals surface area (Å²) in [7, 11) is 0. The van der Waals surface area contributed by atoms with Crippen LogP contribution in [0.25, 0.3) is 22.3 Å². The van der Waals surface area contributed by atoms with Crippen molar-refractivity contribution in [1.29, 1.82) is 0 Å². The molecule has 0 fully saturated rings. The highest BCUT2D eigenvalue weighted by Crippen LogP contribution is 2.18. The molecule has 4 nitrogen and oxygen atoms in total. The first-order chi connectivity index (χ1) is 8.74. The smallest absolute Gasteiger partial charge is 0.262 e. The third-order valence-electron chi connectivity index (χ3n) is 2.61. The minimum Gasteiger partial charge on any atom is -0.327 e. The van der Waals surface area contributed by atoms with Gasteiger partial charge in [0.15, 0.2) is 5.82 Å². The maximum absolute atomic E-state index is 11.3. The number of benzene rings is 1. The molecule has 1 aromatic carbocycles. The standard InChI is InChI=1S/C13H8BrN3O/c14-10-5-9(7-16-13(10)18)12-15-6-8-3-1-2-4-11(8)17-12/h1-7H,(H,16,18). The molecule has 2 aromatic heterocycles. The summed E-state index contributed by atoms with van der Waals surface area (Å²) >= 11 is 3.19. The van der Waals surface area contributed by atoms with Gasteiger partial charge in [0.25, 0.3) is 5.56 Å². The van der Waals surface area contributed by atoms with Crippen LogP contribution in [0.4, 0.5) is 0 Å². The quantitative estimate of drug-likeness (QED) is 0.752. The molecule has 1 N–H and O–H groups in total. The number of para-hydroxylation sites is 1. The number of aromatic amines is 1. The number of H-pyrrole nitrogens is 1. The van der Waals surface area contributed by atoms with E-state index in [-0.39, 0.29) is 5.56 Å². The van der Waals surface area contributed by atoms with Gasteiger partial charge in [0.1, 0.15) is 0 Å². The number of fused-ring (bicyclic) bond motifs is 1. The molecule has 0 radical (unpaired) electrons. The van der Waals surface area contributed by atoms with E-state index in [1.165, 1.54) is 0 Å². The highest BCUT2D eigenvalue weighted by atomic mass is 79.9. The van der Waals surface area contributed by atoms with Crippen molar-refractivity contribution in [2.45, 2.75) is 0 Å². The number of hydrogen-bond acceptors (Lipinski definition) is 3. The lowest BCUT2D eigenvalue weighted by Gasteiger charge is -2.02. The highest BCUT2D eigenvalue weighted by molar-refractivity contribution is 9.10. The summed E-state index contributed by atoms with van der Waals surface area (Å²) in [6.07, 6.45) is 3.38. The topological polar surface area (TPSA) is 58.6 Å². The molecular formula is C13H8BrN3O. The Hall–Kier alpha value is -2.01. The van der Waals surface area contributed by atoms with E-state index >= 15 is 0 Å². The van der Waals surface area contributed by atoms with Gasteiger partial charge in [-0.05, 0) is 28.1 Å². The highest BCUT2D eigenvalue weighted by Gasteiger charge is 2.05. The molecule has 3 rings (SSSR count). The molecule has 2 heterocycles. The zero-order valence-electron chi connectivity index (χ0n) is 9.22. The molecule has 0 bridgehead atoms. The summed E-state index contributed by atoms with van der Waals surface area (Å²) in [5, 5.41) is 0.991. The summed E-state index contributed by atoms with van der Waals surface area (Å²) in [5.74, 6) is 0.589. The third-order valence-corrected chi connectivity index (χ3v) is 3.19. The van der Waals surface area contributed by atoms with Crippen LogP contribution >= 0.6 is 15.9 Å². The average molecular weight is 302 g/mol. The van der Waals surface area contributed by atoms with Gasteiger partial charge in [-0.2, -0.15) is 0 Å². The average Bonchev–Trinajstić information content (AvgIpc) is 2.41. The van der Waals surface area contributed by atoms with Gasteiger partial charge >= 0.3 is 0 Å². The van der Waals surface area contributed by atoms with Crippen molar-refractivity contribution >= 4 is 26.8 Å². The van der Waals surface area contributed by atoms with Crippen molar-refractivity contribution in [3.8, 4) is 11.4 Å². The molecule has 0 aliphatic heterocycles. The van der Waals surface area contributed by atoms with Crippen molar-refractivity contribution in [3.63, 3.8) is 0 Å². The number of pyridine rings is 1. The van der Waals surface area contributed by atoms with E-state index in [0.717, 1.165) is 16.5 Å². The SMILES string of the molecule is O=c1[nH]cc(-c2ncc3ccccc3n2)cc1Br. The van der Waals surface area contributed by atoms with Crippen molar-refractivity contribution in [1.82, 2.24) is 15.0 Å². The van der Waals surface area contributed by atoms with Gasteiger partial charge < -0.3 is 4.98 Å². The Morgan fingerprint density at radius 3 is 2.89 bits per heavy atom. The summed E-state index contributed by atoms with van der Waals surface area (Å²) in [5.41, 5.74) is 1.48. The fraction of sp³-hybridized carbons (Fsp3) is 0. The summed E-state index contributed by atoms with van der Waals surface area (Å²) < 4.78 is 0.469. The Morgan fingerprint density at radius 1 is 1.22 bits per heavy atom. The van der Waals surface area contributed by atoms with Crippen molar-refractivity contribution in [2.24, 2.45) is 0 Å². The number of nitrogens with one attached hydrogen (secondary N) is 1. The fourth-order valence-corrected chi connectivity index (χ4v) is 2.06. The number of rotatable bonds is 1. The van der Waals surface area contributed by atoms with Crippen LogP contribution in [0.5, 0.6) is 0 Å². The Morgan fingerprint density at radius 2 is 2.06 bits per heavy atom. The second-order valence-corrected chi connectivity index (χ2v) is 4.67. The predicted octanol–water partition coefficient (Wildman–Crippen LogP) is 2.75. The van der Waals surface area contributed by atoms with E-state index in [2.05, 4.69) is 30.9 Å². The van der Waals surface area contributed by atoms with Crippen LogP contribution in [0.2, 0.25) is 0 Å². The first-order valence-electron chi connectivity index (χ1n) is 5.34. The van der Waals surface area contributed by atoms with Crippen molar-refractivity contribution in [3.05, 3.63) is 57.6 Å². The number of nitrogens with zero attached hydrogens (tertiary/aromatic N) is 2. The third kappa shape index (κ3) is 1.93. The molecule has 0 atom stereocenters. The van der Waals surface area contributed by atoms with Gasteiger partial charge in [-0.1, -0.05) is 18.2 Å². The number of halogens is 1. The van der Waals surface area contributed by atoms with E-state index in [4.69, 9.17) is 0 Å². The molecule has 0 spiro atoms. The van der Waals surface area contributed by atoms with Crippen molar-refractivity contribution in [2.75, 3.05) is 0 Å². The summed E-state index contributed by atoms with van der Waals surface area (Å²) in [6.45, 7) is 0. The van der Waals surface area contributed by atoms with E-state index in [1.54, 1.807) is 18.5 Å². The molecular weight excluding hydrogens is 294 g/mol. The van der Waals surface area contributed by atoms with Gasteiger partial charge in [0.2, 0.25) is 0 Å². The molecule has 5 heteroatoms. The van der Waals surface area contributed by atoms with Crippen LogP contribution in [0.1, 0.15) is 0 Å². The minimum atomic E-state index is -0.167. The van der Waals surface area contributed by atoms with Crippen LogP contribution < -0.4 is 5.56 Å². The Bertz CT molecular complexity index is 782. The fourth-order valence-electron chi connectivity index (χ4n) is 1.70. The van der Waals surface area contributed by atoms with Gasteiger partial charge in [0, 0.05) is 23.3 Å². The van der Waals surface area contributed by atoms with E-state index < -0.39 is 0 Å². The maximum Gasteiger partial charge on any atom is 0.262 e. The van der Waals surface area contributed by atoms with Crippen LogP contribution in [0, 0.1) is 0 Å². The Labute approximate surface area is 111 Å². The Balaban J connectivity index is 2.19. The maximum atomic E-state index is 11.3. The summed E-state index contributed by atoms with van der Waals surface area (Å²) in [4.78, 5) is 22.7. The Kier molecular flexibility index (Phi) is 2.68. The van der Waals surface area contributed by atoms with Gasteiger partial charge in [-0.25, -0.2) is 9.97 Å². The van der Waals surface area contributed by atoms with E-state index in [9.17, 15) is 4.79 Å². The lowest BCUT2D eigenvalue weighted by atomic mass is 10.2. The second-order valence-electron chi connectivity index (χ2n) is 3.82. The van der Waals surface area contributed by atoms with E-state index in [1.807, 2.05) is 24.3 Å². The van der Waals surface area contributed by atoms with Crippen molar-refractivity contribution < 1.29 is 0 Å². The molecule has 0 saturated heterocycles. The normalized spacial score (nSPS) is 10.7. The van der Waals surface area contributed by atoms with E-state index in [0.29, 0.717) is 10.3 Å². The lowest BCUT2D eigenvalue weighted by molar-refractivity contribution is 1.17. The number of aromatic nitrogens is 3.